The van der Waals surface area contributed by atoms with Crippen LogP contribution in [0.2, 0.25) is 0 Å². The van der Waals surface area contributed by atoms with E-state index in [2.05, 4.69) is 20.5 Å². The molecule has 0 aliphatic carbocycles. The van der Waals surface area contributed by atoms with Gasteiger partial charge in [-0.3, -0.25) is 9.89 Å². The maximum absolute atomic E-state index is 12.0. The normalized spacial score (nSPS) is 10.7. The molecule has 4 N–H and O–H groups in total. The van der Waals surface area contributed by atoms with Gasteiger partial charge in [0.2, 0.25) is 0 Å². The first kappa shape index (κ1) is 11.7. The molecular weight excluding hydrogens is 262 g/mol. The molecule has 2 heterocycles. The summed E-state index contributed by atoms with van der Waals surface area (Å²) in [7, 11) is 0. The SMILES string of the molecule is Nc1ccc2sc(C(=O)NCc3ncn[nH]3)cc2c1. The number of nitrogens with one attached hydrogen (secondary N) is 2. The van der Waals surface area contributed by atoms with Crippen molar-refractivity contribution < 1.29 is 4.79 Å². The highest BCUT2D eigenvalue weighted by molar-refractivity contribution is 7.20. The van der Waals surface area contributed by atoms with E-state index in [0.29, 0.717) is 22.9 Å². The van der Waals surface area contributed by atoms with E-state index in [1.165, 1.54) is 17.7 Å². The molecule has 0 aliphatic heterocycles. The first-order valence-electron chi connectivity index (χ1n) is 5.64. The molecule has 3 aromatic rings. The minimum absolute atomic E-state index is 0.129. The van der Waals surface area contributed by atoms with Crippen molar-refractivity contribution in [2.75, 3.05) is 5.73 Å². The number of nitrogen functional groups attached to an aromatic ring is 1. The molecule has 19 heavy (non-hydrogen) atoms. The zero-order valence-corrected chi connectivity index (χ0v) is 10.7. The Bertz CT molecular complexity index is 719. The van der Waals surface area contributed by atoms with Crippen LogP contribution in [0.3, 0.4) is 0 Å². The van der Waals surface area contributed by atoms with Crippen molar-refractivity contribution in [1.82, 2.24) is 20.5 Å². The largest absolute Gasteiger partial charge is 0.399 e. The monoisotopic (exact) mass is 273 g/mol. The Morgan fingerprint density at radius 1 is 1.42 bits per heavy atom. The predicted octanol–water partition coefficient (Wildman–Crippen LogP) is 1.53. The summed E-state index contributed by atoms with van der Waals surface area (Å²) in [6.45, 7) is 0.329. The fourth-order valence-corrected chi connectivity index (χ4v) is 2.70. The van der Waals surface area contributed by atoms with E-state index in [1.54, 1.807) is 0 Å². The van der Waals surface area contributed by atoms with Gasteiger partial charge in [0, 0.05) is 10.4 Å². The molecule has 6 nitrogen and oxygen atoms in total. The predicted molar refractivity (Wildman–Crippen MR) is 73.8 cm³/mol. The van der Waals surface area contributed by atoms with Gasteiger partial charge in [-0.15, -0.1) is 11.3 Å². The lowest BCUT2D eigenvalue weighted by atomic mass is 10.2. The molecule has 0 fully saturated rings. The maximum Gasteiger partial charge on any atom is 0.261 e. The summed E-state index contributed by atoms with van der Waals surface area (Å²) in [5.74, 6) is 0.495. The molecule has 0 radical (unpaired) electrons. The van der Waals surface area contributed by atoms with Gasteiger partial charge in [-0.05, 0) is 29.7 Å². The molecule has 0 bridgehead atoms. The number of nitrogens with zero attached hydrogens (tertiary/aromatic N) is 2. The Labute approximate surface area is 112 Å². The Morgan fingerprint density at radius 2 is 2.32 bits per heavy atom. The van der Waals surface area contributed by atoms with Crippen LogP contribution in [0.1, 0.15) is 15.5 Å². The van der Waals surface area contributed by atoms with Gasteiger partial charge >= 0.3 is 0 Å². The molecule has 0 aliphatic rings. The molecule has 1 aromatic carbocycles. The summed E-state index contributed by atoms with van der Waals surface area (Å²) in [5.41, 5.74) is 6.41. The quantitative estimate of drug-likeness (QED) is 0.630. The van der Waals surface area contributed by atoms with Gasteiger partial charge in [-0.1, -0.05) is 0 Å². The average molecular weight is 273 g/mol. The summed E-state index contributed by atoms with van der Waals surface area (Å²) in [6.07, 6.45) is 1.41. The van der Waals surface area contributed by atoms with Gasteiger partial charge in [0.25, 0.3) is 5.91 Å². The fourth-order valence-electron chi connectivity index (χ4n) is 1.74. The standard InChI is InChI=1S/C12H11N5OS/c13-8-1-2-9-7(3-8)4-10(19-9)12(18)14-5-11-15-6-16-17-11/h1-4,6H,5,13H2,(H,14,18)(H,15,16,17). The molecule has 2 aromatic heterocycles. The fraction of sp³-hybridized carbons (Fsp3) is 0.0833. The van der Waals surface area contributed by atoms with Crippen LogP contribution in [0.25, 0.3) is 10.1 Å². The number of hydrogen-bond donors (Lipinski definition) is 3. The lowest BCUT2D eigenvalue weighted by Crippen LogP contribution is -2.22. The van der Waals surface area contributed by atoms with Crippen LogP contribution in [0.15, 0.2) is 30.6 Å². The number of aromatic nitrogens is 3. The topological polar surface area (TPSA) is 96.7 Å². The molecule has 1 amide bonds. The summed E-state index contributed by atoms with van der Waals surface area (Å²) in [5, 5.41) is 10.2. The highest BCUT2D eigenvalue weighted by Gasteiger charge is 2.10. The van der Waals surface area contributed by atoms with E-state index >= 15 is 0 Å². The van der Waals surface area contributed by atoms with Crippen LogP contribution in [0.4, 0.5) is 5.69 Å². The third-order valence-corrected chi connectivity index (χ3v) is 3.76. The third-order valence-electron chi connectivity index (χ3n) is 2.65. The minimum atomic E-state index is -0.129. The Hall–Kier alpha value is -2.41. The second kappa shape index (κ2) is 4.69. The van der Waals surface area contributed by atoms with E-state index in [0.717, 1.165) is 10.1 Å². The van der Waals surface area contributed by atoms with E-state index in [1.807, 2.05) is 24.3 Å². The highest BCUT2D eigenvalue weighted by Crippen LogP contribution is 2.27. The van der Waals surface area contributed by atoms with Crippen molar-refractivity contribution in [2.24, 2.45) is 0 Å². The van der Waals surface area contributed by atoms with Crippen molar-refractivity contribution in [2.45, 2.75) is 6.54 Å². The lowest BCUT2D eigenvalue weighted by Gasteiger charge is -1.99. The van der Waals surface area contributed by atoms with E-state index in [4.69, 9.17) is 5.73 Å². The first-order valence-corrected chi connectivity index (χ1v) is 6.45. The molecule has 3 rings (SSSR count). The number of carbonyl (C=O) groups excluding carboxylic acids is 1. The number of H-pyrrole nitrogens is 1. The number of aromatic amines is 1. The van der Waals surface area contributed by atoms with Gasteiger partial charge < -0.3 is 11.1 Å². The molecule has 0 saturated heterocycles. The second-order valence-electron chi connectivity index (χ2n) is 4.02. The van der Waals surface area contributed by atoms with Crippen molar-refractivity contribution in [3.05, 3.63) is 41.3 Å². The molecule has 0 saturated carbocycles. The zero-order chi connectivity index (χ0) is 13.2. The van der Waals surface area contributed by atoms with Crippen LogP contribution < -0.4 is 11.1 Å². The van der Waals surface area contributed by atoms with Gasteiger partial charge in [-0.2, -0.15) is 5.10 Å². The van der Waals surface area contributed by atoms with Crippen LogP contribution in [-0.2, 0) is 6.54 Å². The number of hydrogen-bond acceptors (Lipinski definition) is 5. The zero-order valence-electron chi connectivity index (χ0n) is 9.88. The first-order chi connectivity index (χ1) is 9.22. The van der Waals surface area contributed by atoms with Gasteiger partial charge in [0.1, 0.15) is 12.2 Å². The van der Waals surface area contributed by atoms with Crippen LogP contribution >= 0.6 is 11.3 Å². The molecule has 7 heteroatoms. The van der Waals surface area contributed by atoms with Crippen molar-refractivity contribution >= 4 is 33.0 Å². The maximum atomic E-state index is 12.0. The number of thiophene rings is 1. The van der Waals surface area contributed by atoms with Crippen molar-refractivity contribution in [3.63, 3.8) is 0 Å². The molecule has 0 spiro atoms. The molecule has 0 atom stereocenters. The van der Waals surface area contributed by atoms with Crippen LogP contribution in [0.5, 0.6) is 0 Å². The smallest absolute Gasteiger partial charge is 0.261 e. The highest BCUT2D eigenvalue weighted by atomic mass is 32.1. The number of nitrogens with two attached hydrogens (primary N) is 1. The Kier molecular flexibility index (Phi) is 2.88. The van der Waals surface area contributed by atoms with Crippen LogP contribution in [0, 0.1) is 0 Å². The number of rotatable bonds is 3. The van der Waals surface area contributed by atoms with Gasteiger partial charge in [0.05, 0.1) is 11.4 Å². The molecular formula is C12H11N5OS. The average Bonchev–Trinajstić information content (AvgIpc) is 3.04. The van der Waals surface area contributed by atoms with Gasteiger partial charge in [0.15, 0.2) is 0 Å². The summed E-state index contributed by atoms with van der Waals surface area (Å²) >= 11 is 1.44. The molecule has 0 unspecified atom stereocenters. The number of fused-ring (bicyclic) bond motifs is 1. The number of benzene rings is 1. The number of carbonyl (C=O) groups is 1. The summed E-state index contributed by atoms with van der Waals surface area (Å²) in [4.78, 5) is 16.6. The lowest BCUT2D eigenvalue weighted by molar-refractivity contribution is 0.0954. The van der Waals surface area contributed by atoms with E-state index in [-0.39, 0.29) is 5.91 Å². The van der Waals surface area contributed by atoms with E-state index in [9.17, 15) is 4.79 Å². The van der Waals surface area contributed by atoms with Crippen molar-refractivity contribution in [1.29, 1.82) is 0 Å². The van der Waals surface area contributed by atoms with Crippen LogP contribution in [-0.4, -0.2) is 21.1 Å². The van der Waals surface area contributed by atoms with Crippen molar-refractivity contribution in [3.8, 4) is 0 Å². The molecule has 96 valence electrons. The number of amides is 1. The second-order valence-corrected chi connectivity index (χ2v) is 5.11. The minimum Gasteiger partial charge on any atom is -0.399 e. The Balaban J connectivity index is 1.77. The number of anilines is 1. The summed E-state index contributed by atoms with van der Waals surface area (Å²) in [6, 6.07) is 7.45. The third kappa shape index (κ3) is 2.41. The Morgan fingerprint density at radius 3 is 3.11 bits per heavy atom. The summed E-state index contributed by atoms with van der Waals surface area (Å²) < 4.78 is 1.04. The van der Waals surface area contributed by atoms with Gasteiger partial charge in [-0.25, -0.2) is 4.98 Å². The van der Waals surface area contributed by atoms with E-state index < -0.39 is 0 Å².